The molecule has 0 spiro atoms. The van der Waals surface area contributed by atoms with E-state index in [1.807, 2.05) is 45.2 Å². The highest BCUT2D eigenvalue weighted by Gasteiger charge is 2.42. The maximum atomic E-state index is 14.7. The molecule has 2 fully saturated rings. The molecular formula is C49H64N8O8. The summed E-state index contributed by atoms with van der Waals surface area (Å²) in [5, 5.41) is 19.7. The van der Waals surface area contributed by atoms with Gasteiger partial charge in [0.1, 0.15) is 29.9 Å². The molecule has 5 heterocycles. The lowest BCUT2D eigenvalue weighted by molar-refractivity contribution is -0.155. The summed E-state index contributed by atoms with van der Waals surface area (Å²) in [5.74, 6) is -2.57. The van der Waals surface area contributed by atoms with E-state index >= 15 is 0 Å². The Balaban J connectivity index is 1.29. The van der Waals surface area contributed by atoms with Gasteiger partial charge in [-0.05, 0) is 97.2 Å². The van der Waals surface area contributed by atoms with Crippen molar-refractivity contribution < 1.29 is 38.6 Å². The number of amides is 4. The van der Waals surface area contributed by atoms with E-state index in [4.69, 9.17) is 9.47 Å². The molecule has 3 aliphatic heterocycles. The highest BCUT2D eigenvalue weighted by atomic mass is 16.5. The monoisotopic (exact) mass is 892 g/mol. The van der Waals surface area contributed by atoms with Crippen molar-refractivity contribution in [3.8, 4) is 28.1 Å². The van der Waals surface area contributed by atoms with Gasteiger partial charge < -0.3 is 34.3 Å². The summed E-state index contributed by atoms with van der Waals surface area (Å²) in [4.78, 5) is 76.6. The van der Waals surface area contributed by atoms with Crippen molar-refractivity contribution in [2.75, 3.05) is 40.9 Å². The van der Waals surface area contributed by atoms with Crippen molar-refractivity contribution in [1.29, 1.82) is 0 Å². The molecule has 2 saturated heterocycles. The van der Waals surface area contributed by atoms with Gasteiger partial charge in [0.25, 0.3) is 5.91 Å². The molecular weight excluding hydrogens is 829 g/mol. The molecule has 65 heavy (non-hydrogen) atoms. The Morgan fingerprint density at radius 3 is 2.54 bits per heavy atom. The highest BCUT2D eigenvalue weighted by Crippen LogP contribution is 2.41. The van der Waals surface area contributed by atoms with Crippen molar-refractivity contribution >= 4 is 40.5 Å². The van der Waals surface area contributed by atoms with E-state index in [1.165, 1.54) is 21.9 Å². The summed E-state index contributed by atoms with van der Waals surface area (Å²) >= 11 is 0. The molecule has 2 aromatic heterocycles. The number of aromatic hydroxyl groups is 1. The van der Waals surface area contributed by atoms with Crippen molar-refractivity contribution in [1.82, 2.24) is 40.4 Å². The Morgan fingerprint density at radius 1 is 1.09 bits per heavy atom. The van der Waals surface area contributed by atoms with E-state index in [0.717, 1.165) is 38.9 Å². The summed E-state index contributed by atoms with van der Waals surface area (Å²) in [6, 6.07) is 10.1. The molecule has 2 aromatic carbocycles. The average Bonchev–Trinajstić information content (AvgIpc) is 3.93. The molecule has 16 nitrogen and oxygen atoms in total. The number of phenols is 1. The molecule has 7 rings (SSSR count). The number of cyclic esters (lactones) is 1. The standard InChI is InChI=1S/C49H64N8O8/c1-10-56-40-14-13-31-22-35(40)36(44(56)37-24-50-16-15-32(37)26-64-9)23-49(5,6)27-65-48(63)38-12-11-17-57(53-38)46(61)39(20-30-18-33(31)21-34(58)19-30)52-45(60)43(28(2)3)55(8)41(59)25-54(7)47(62)42-29(4)51-42/h13-16,18-19,21-22,24,28-29,38-39,42-43,51,53,58H,10-12,17,20,23,25-27H2,1-9H3,(H,52,60)/t29-,38-,39-,42+,43?/m0/s1. The number of carbonyl (C=O) groups excluding carboxylic acids is 5. The van der Waals surface area contributed by atoms with Gasteiger partial charge in [-0.1, -0.05) is 39.8 Å². The second-order valence-electron chi connectivity index (χ2n) is 19.0. The number of hydrazine groups is 1. The number of methoxy groups -OCH3 is 1. The number of rotatable bonds is 11. The lowest BCUT2D eigenvalue weighted by Crippen LogP contribution is -2.62. The van der Waals surface area contributed by atoms with Crippen LogP contribution < -0.4 is 16.1 Å². The zero-order chi connectivity index (χ0) is 46.9. The molecule has 5 atom stereocenters. The van der Waals surface area contributed by atoms with Gasteiger partial charge in [-0.25, -0.2) is 5.43 Å². The number of esters is 1. The fourth-order valence-electron chi connectivity index (χ4n) is 9.41. The number of aryl methyl sites for hydroxylation is 1. The molecule has 348 valence electrons. The van der Waals surface area contributed by atoms with Gasteiger partial charge >= 0.3 is 5.97 Å². The van der Waals surface area contributed by atoms with Crippen molar-refractivity contribution in [2.45, 2.75) is 111 Å². The number of fused-ring (bicyclic) bond motifs is 6. The van der Waals surface area contributed by atoms with Crippen LogP contribution in [0.1, 0.15) is 71.1 Å². The summed E-state index contributed by atoms with van der Waals surface area (Å²) in [5.41, 5.74) is 9.68. The van der Waals surface area contributed by atoms with Crippen molar-refractivity contribution in [3.63, 3.8) is 0 Å². The second kappa shape index (κ2) is 19.3. The Kier molecular flexibility index (Phi) is 14.0. The van der Waals surface area contributed by atoms with Crippen LogP contribution in [0.25, 0.3) is 33.3 Å². The number of hydrogen-bond donors (Lipinski definition) is 4. The van der Waals surface area contributed by atoms with E-state index in [2.05, 4.69) is 58.5 Å². The topological polar surface area (TPSA) is 198 Å². The Morgan fingerprint density at radius 2 is 1.85 bits per heavy atom. The lowest BCUT2D eigenvalue weighted by Gasteiger charge is -2.37. The van der Waals surface area contributed by atoms with Crippen LogP contribution in [0.5, 0.6) is 5.75 Å². The van der Waals surface area contributed by atoms with Crippen LogP contribution in [0.15, 0.2) is 54.9 Å². The summed E-state index contributed by atoms with van der Waals surface area (Å²) in [7, 11) is 4.75. The van der Waals surface area contributed by atoms with Crippen LogP contribution in [0.2, 0.25) is 0 Å². The molecule has 16 heteroatoms. The fraction of sp³-hybridized carbons (Fsp3) is 0.510. The maximum absolute atomic E-state index is 14.7. The number of carbonyl (C=O) groups is 5. The number of aromatic nitrogens is 2. The fourth-order valence-corrected chi connectivity index (χ4v) is 9.41. The van der Waals surface area contributed by atoms with Crippen molar-refractivity contribution in [2.24, 2.45) is 11.3 Å². The van der Waals surface area contributed by atoms with E-state index in [9.17, 15) is 29.1 Å². The van der Waals surface area contributed by atoms with Gasteiger partial charge in [0, 0.05) is 81.0 Å². The first kappa shape index (κ1) is 47.1. The third-order valence-electron chi connectivity index (χ3n) is 12.9. The van der Waals surface area contributed by atoms with Crippen LogP contribution in [0.3, 0.4) is 0 Å². The maximum Gasteiger partial charge on any atom is 0.324 e. The third-order valence-corrected chi connectivity index (χ3v) is 12.9. The van der Waals surface area contributed by atoms with E-state index in [1.54, 1.807) is 32.5 Å². The number of ether oxygens (including phenoxy) is 2. The molecule has 0 radical (unpaired) electrons. The first-order valence-electron chi connectivity index (χ1n) is 22.6. The first-order valence-corrected chi connectivity index (χ1v) is 22.6. The summed E-state index contributed by atoms with van der Waals surface area (Å²) < 4.78 is 14.0. The van der Waals surface area contributed by atoms with Crippen LogP contribution in [0.4, 0.5) is 0 Å². The molecule has 0 saturated carbocycles. The summed E-state index contributed by atoms with van der Waals surface area (Å²) in [6.45, 7) is 13.0. The number of likely N-dealkylation sites (N-methyl/N-ethyl adjacent to an activating group) is 2. The minimum Gasteiger partial charge on any atom is -0.508 e. The number of benzene rings is 2. The van der Waals surface area contributed by atoms with E-state index in [-0.39, 0.29) is 55.8 Å². The molecule has 4 amide bonds. The largest absolute Gasteiger partial charge is 0.508 e. The van der Waals surface area contributed by atoms with Gasteiger partial charge in [-0.2, -0.15) is 0 Å². The van der Waals surface area contributed by atoms with Crippen LogP contribution in [-0.4, -0.2) is 130 Å². The van der Waals surface area contributed by atoms with Gasteiger partial charge in [-0.3, -0.25) is 39.3 Å². The van der Waals surface area contributed by atoms with Crippen LogP contribution >= 0.6 is 0 Å². The van der Waals surface area contributed by atoms with Crippen LogP contribution in [0, 0.1) is 11.3 Å². The Bertz CT molecular complexity index is 2470. The van der Waals surface area contributed by atoms with Gasteiger partial charge in [0.05, 0.1) is 25.5 Å². The lowest BCUT2D eigenvalue weighted by atomic mass is 9.84. The molecule has 4 aromatic rings. The zero-order valence-electron chi connectivity index (χ0n) is 39.1. The van der Waals surface area contributed by atoms with E-state index in [0.29, 0.717) is 43.5 Å². The normalized spacial score (nSPS) is 21.4. The summed E-state index contributed by atoms with van der Waals surface area (Å²) in [6.07, 6.45) is 5.10. The second-order valence-corrected chi connectivity index (χ2v) is 19.0. The minimum absolute atomic E-state index is 0.0176. The first-order chi connectivity index (χ1) is 30.9. The smallest absolute Gasteiger partial charge is 0.324 e. The highest BCUT2D eigenvalue weighted by molar-refractivity contribution is 5.96. The number of phenolic OH excluding ortho intramolecular Hbond substituents is 1. The van der Waals surface area contributed by atoms with Gasteiger partial charge in [0.2, 0.25) is 17.7 Å². The number of nitrogens with one attached hydrogen (secondary N) is 3. The molecule has 4 N–H and O–H groups in total. The minimum atomic E-state index is -1.18. The number of nitrogens with zero attached hydrogens (tertiary/aromatic N) is 5. The predicted octanol–water partition coefficient (Wildman–Crippen LogP) is 4.19. The predicted molar refractivity (Wildman–Crippen MR) is 246 cm³/mol. The third kappa shape index (κ3) is 10.2. The van der Waals surface area contributed by atoms with E-state index < -0.39 is 47.2 Å². The molecule has 0 aliphatic carbocycles. The van der Waals surface area contributed by atoms with Gasteiger partial charge in [-0.15, -0.1) is 0 Å². The average molecular weight is 893 g/mol. The molecule has 3 aliphatic rings. The zero-order valence-corrected chi connectivity index (χ0v) is 39.1. The number of hydrogen-bond acceptors (Lipinski definition) is 11. The van der Waals surface area contributed by atoms with Crippen LogP contribution in [-0.2, 0) is 59.4 Å². The Labute approximate surface area is 381 Å². The SMILES string of the molecule is CCn1c(-c2cnccc2COC)c2c3cc(ccc31)-c1cc(O)cc(c1)C[C@H](NC(=O)C(C(C)C)N(C)C(=O)CN(C)C(=O)[C@@H]1N[C@H]1C)C(=O)N1CCC[C@H](N1)C(=O)OCC(C)(C)C2. The van der Waals surface area contributed by atoms with Gasteiger partial charge in [0.15, 0.2) is 0 Å². The van der Waals surface area contributed by atoms with Crippen molar-refractivity contribution in [3.05, 3.63) is 71.5 Å². The number of pyridine rings is 1. The quantitative estimate of drug-likeness (QED) is 0.125. The Hall–Kier alpha value is -5.84. The molecule has 6 bridgehead atoms. The molecule has 1 unspecified atom stereocenters.